The molecule has 0 aliphatic rings. The first-order chi connectivity index (χ1) is 7.63. The molecule has 0 unspecified atom stereocenters. The Bertz CT molecular complexity index is 499. The van der Waals surface area contributed by atoms with Gasteiger partial charge < -0.3 is 0 Å². The minimum Gasteiger partial charge on any atom is -0.272 e. The zero-order chi connectivity index (χ0) is 11.7. The first-order valence-electron chi connectivity index (χ1n) is 5.12. The molecule has 0 bridgehead atoms. The summed E-state index contributed by atoms with van der Waals surface area (Å²) in [7, 11) is 0. The van der Waals surface area contributed by atoms with E-state index < -0.39 is 0 Å². The van der Waals surface area contributed by atoms with Crippen LogP contribution >= 0.6 is 11.6 Å². The van der Waals surface area contributed by atoms with Gasteiger partial charge in [0.15, 0.2) is 0 Å². The van der Waals surface area contributed by atoms with Crippen molar-refractivity contribution in [1.82, 2.24) is 9.78 Å². The third-order valence-electron chi connectivity index (χ3n) is 2.47. The number of hydrogen-bond donors (Lipinski definition) is 0. The van der Waals surface area contributed by atoms with Crippen LogP contribution in [0.3, 0.4) is 0 Å². The monoisotopic (exact) mass is 238 g/mol. The van der Waals surface area contributed by atoms with Crippen LogP contribution in [0, 0.1) is 12.7 Å². The SMILES string of the molecule is CCn1cc(C)c(-c2c(F)cccc2Cl)n1. The van der Waals surface area contributed by atoms with Gasteiger partial charge in [0, 0.05) is 12.7 Å². The van der Waals surface area contributed by atoms with Crippen molar-refractivity contribution in [2.45, 2.75) is 20.4 Å². The summed E-state index contributed by atoms with van der Waals surface area (Å²) in [5.74, 6) is -0.336. The molecule has 4 heteroatoms. The Morgan fingerprint density at radius 3 is 2.75 bits per heavy atom. The minimum absolute atomic E-state index is 0.336. The maximum atomic E-state index is 13.7. The summed E-state index contributed by atoms with van der Waals surface area (Å²) >= 11 is 6.00. The number of rotatable bonds is 2. The van der Waals surface area contributed by atoms with Crippen LogP contribution in [-0.2, 0) is 6.54 Å². The molecule has 0 fully saturated rings. The molecule has 2 nitrogen and oxygen atoms in total. The van der Waals surface area contributed by atoms with Crippen molar-refractivity contribution in [3.63, 3.8) is 0 Å². The van der Waals surface area contributed by atoms with Crippen LogP contribution in [0.1, 0.15) is 12.5 Å². The fraction of sp³-hybridized carbons (Fsp3) is 0.250. The number of aryl methyl sites for hydroxylation is 2. The second kappa shape index (κ2) is 4.26. The summed E-state index contributed by atoms with van der Waals surface area (Å²) in [6, 6.07) is 4.66. The Hall–Kier alpha value is -1.35. The Morgan fingerprint density at radius 1 is 1.44 bits per heavy atom. The van der Waals surface area contributed by atoms with Crippen LogP contribution < -0.4 is 0 Å². The molecule has 0 radical (unpaired) electrons. The summed E-state index contributed by atoms with van der Waals surface area (Å²) in [5.41, 5.74) is 1.92. The normalized spacial score (nSPS) is 10.8. The van der Waals surface area contributed by atoms with Crippen molar-refractivity contribution in [3.05, 3.63) is 40.8 Å². The molecule has 0 saturated heterocycles. The first-order valence-corrected chi connectivity index (χ1v) is 5.49. The average molecular weight is 239 g/mol. The van der Waals surface area contributed by atoms with E-state index in [2.05, 4.69) is 5.10 Å². The largest absolute Gasteiger partial charge is 0.272 e. The number of nitrogens with zero attached hydrogens (tertiary/aromatic N) is 2. The highest BCUT2D eigenvalue weighted by molar-refractivity contribution is 6.33. The number of aromatic nitrogens is 2. The molecule has 0 spiro atoms. The highest BCUT2D eigenvalue weighted by Crippen LogP contribution is 2.31. The summed E-state index contributed by atoms with van der Waals surface area (Å²) in [5, 5.41) is 4.71. The molecule has 2 aromatic rings. The van der Waals surface area contributed by atoms with E-state index >= 15 is 0 Å². The molecule has 0 aliphatic heterocycles. The summed E-state index contributed by atoms with van der Waals surface area (Å²) in [4.78, 5) is 0. The second-order valence-corrected chi connectivity index (χ2v) is 4.02. The van der Waals surface area contributed by atoms with Gasteiger partial charge >= 0.3 is 0 Å². The molecule has 0 saturated carbocycles. The highest BCUT2D eigenvalue weighted by Gasteiger charge is 2.15. The topological polar surface area (TPSA) is 17.8 Å². The molecule has 1 heterocycles. The number of halogens is 2. The van der Waals surface area contributed by atoms with Gasteiger partial charge in [-0.15, -0.1) is 0 Å². The minimum atomic E-state index is -0.336. The molecule has 16 heavy (non-hydrogen) atoms. The molecule has 0 N–H and O–H groups in total. The van der Waals surface area contributed by atoms with E-state index in [1.165, 1.54) is 6.07 Å². The summed E-state index contributed by atoms with van der Waals surface area (Å²) in [6.07, 6.45) is 1.89. The predicted molar refractivity (Wildman–Crippen MR) is 63.0 cm³/mol. The van der Waals surface area contributed by atoms with E-state index in [1.54, 1.807) is 16.8 Å². The van der Waals surface area contributed by atoms with Gasteiger partial charge in [-0.2, -0.15) is 5.10 Å². The molecule has 2 rings (SSSR count). The van der Waals surface area contributed by atoms with Crippen molar-refractivity contribution in [2.75, 3.05) is 0 Å². The number of benzene rings is 1. The quantitative estimate of drug-likeness (QED) is 0.781. The summed E-state index contributed by atoms with van der Waals surface area (Å²) in [6.45, 7) is 4.64. The van der Waals surface area contributed by atoms with Crippen molar-refractivity contribution in [2.24, 2.45) is 0 Å². The molecule has 1 aromatic heterocycles. The lowest BCUT2D eigenvalue weighted by molar-refractivity contribution is 0.627. The lowest BCUT2D eigenvalue weighted by Gasteiger charge is -2.03. The Labute approximate surface area is 98.7 Å². The molecule has 1 aromatic carbocycles. The van der Waals surface area contributed by atoms with Crippen LogP contribution in [0.4, 0.5) is 4.39 Å². The Morgan fingerprint density at radius 2 is 2.19 bits per heavy atom. The third kappa shape index (κ3) is 1.83. The first kappa shape index (κ1) is 11.1. The van der Waals surface area contributed by atoms with E-state index in [9.17, 15) is 4.39 Å². The van der Waals surface area contributed by atoms with Crippen LogP contribution in [0.2, 0.25) is 5.02 Å². The fourth-order valence-corrected chi connectivity index (χ4v) is 1.91. The Kier molecular flexibility index (Phi) is 2.97. The van der Waals surface area contributed by atoms with Crippen molar-refractivity contribution >= 4 is 11.6 Å². The van der Waals surface area contributed by atoms with Crippen LogP contribution in [0.5, 0.6) is 0 Å². The van der Waals surface area contributed by atoms with Gasteiger partial charge in [-0.05, 0) is 31.5 Å². The van der Waals surface area contributed by atoms with Crippen molar-refractivity contribution in [1.29, 1.82) is 0 Å². The predicted octanol–water partition coefficient (Wildman–Crippen LogP) is 3.67. The highest BCUT2D eigenvalue weighted by atomic mass is 35.5. The second-order valence-electron chi connectivity index (χ2n) is 3.61. The average Bonchev–Trinajstić information content (AvgIpc) is 2.60. The van der Waals surface area contributed by atoms with Crippen LogP contribution in [0.25, 0.3) is 11.3 Å². The summed E-state index contributed by atoms with van der Waals surface area (Å²) < 4.78 is 15.5. The number of hydrogen-bond acceptors (Lipinski definition) is 1. The lowest BCUT2D eigenvalue weighted by atomic mass is 10.1. The van der Waals surface area contributed by atoms with E-state index in [1.807, 2.05) is 20.0 Å². The molecule has 0 aliphatic carbocycles. The lowest BCUT2D eigenvalue weighted by Crippen LogP contribution is -1.95. The molecule has 0 amide bonds. The van der Waals surface area contributed by atoms with Gasteiger partial charge in [0.05, 0.1) is 16.3 Å². The zero-order valence-electron chi connectivity index (χ0n) is 9.17. The van der Waals surface area contributed by atoms with Gasteiger partial charge in [0.2, 0.25) is 0 Å². The zero-order valence-corrected chi connectivity index (χ0v) is 9.92. The van der Waals surface area contributed by atoms with E-state index in [0.29, 0.717) is 16.3 Å². The van der Waals surface area contributed by atoms with Gasteiger partial charge in [0.25, 0.3) is 0 Å². The fourth-order valence-electron chi connectivity index (χ4n) is 1.65. The van der Waals surface area contributed by atoms with Crippen molar-refractivity contribution in [3.8, 4) is 11.3 Å². The van der Waals surface area contributed by atoms with Gasteiger partial charge in [-0.1, -0.05) is 17.7 Å². The van der Waals surface area contributed by atoms with Crippen molar-refractivity contribution < 1.29 is 4.39 Å². The molecule has 0 atom stereocenters. The maximum Gasteiger partial charge on any atom is 0.134 e. The molecular formula is C12H12ClFN2. The van der Waals surface area contributed by atoms with E-state index in [-0.39, 0.29) is 5.82 Å². The molecular weight excluding hydrogens is 227 g/mol. The smallest absolute Gasteiger partial charge is 0.134 e. The maximum absolute atomic E-state index is 13.7. The van der Waals surface area contributed by atoms with Crippen LogP contribution in [0.15, 0.2) is 24.4 Å². The van der Waals surface area contributed by atoms with E-state index in [0.717, 1.165) is 12.1 Å². The van der Waals surface area contributed by atoms with Gasteiger partial charge in [-0.25, -0.2) is 4.39 Å². The van der Waals surface area contributed by atoms with Gasteiger partial charge in [-0.3, -0.25) is 4.68 Å². The van der Waals surface area contributed by atoms with E-state index in [4.69, 9.17) is 11.6 Å². The molecule has 84 valence electrons. The Balaban J connectivity index is 2.62. The van der Waals surface area contributed by atoms with Crippen LogP contribution in [-0.4, -0.2) is 9.78 Å². The van der Waals surface area contributed by atoms with Gasteiger partial charge in [0.1, 0.15) is 5.82 Å². The third-order valence-corrected chi connectivity index (χ3v) is 2.78. The standard InChI is InChI=1S/C12H12ClFN2/c1-3-16-7-8(2)12(15-16)11-9(13)5-4-6-10(11)14/h4-7H,3H2,1-2H3.